The van der Waals surface area contributed by atoms with Crippen molar-refractivity contribution in [2.75, 3.05) is 18.0 Å². The average Bonchev–Trinajstić information content (AvgIpc) is 2.78. The fraction of sp³-hybridized carbons (Fsp3) is 0.600. The van der Waals surface area contributed by atoms with Crippen LogP contribution in [0.1, 0.15) is 32.8 Å². The Hall–Kier alpha value is -1.09. The second-order valence-corrected chi connectivity index (χ2v) is 5.28. The molecule has 0 saturated carbocycles. The lowest BCUT2D eigenvalue weighted by Gasteiger charge is -2.28. The summed E-state index contributed by atoms with van der Waals surface area (Å²) in [5.74, 6) is -0.136. The monoisotopic (exact) mass is 250 g/mol. The third kappa shape index (κ3) is 2.83. The van der Waals surface area contributed by atoms with E-state index in [9.17, 15) is 4.39 Å². The van der Waals surface area contributed by atoms with Gasteiger partial charge >= 0.3 is 0 Å². The van der Waals surface area contributed by atoms with Crippen LogP contribution in [-0.2, 0) is 6.42 Å². The van der Waals surface area contributed by atoms with E-state index >= 15 is 0 Å². The van der Waals surface area contributed by atoms with Crippen molar-refractivity contribution in [2.45, 2.75) is 45.7 Å². The molecule has 0 bridgehead atoms. The lowest BCUT2D eigenvalue weighted by Crippen LogP contribution is -2.42. The standard InChI is InChI=1S/C15H23FN2/c1-4-11(2)17-10-12(3)18-8-7-13-5-6-14(16)9-15(13)18/h5-6,9,11-12,17H,4,7-8,10H2,1-3H3. The van der Waals surface area contributed by atoms with E-state index in [0.29, 0.717) is 12.1 Å². The summed E-state index contributed by atoms with van der Waals surface area (Å²) in [5, 5.41) is 3.52. The Balaban J connectivity index is 2.01. The molecule has 1 aromatic carbocycles. The van der Waals surface area contributed by atoms with Gasteiger partial charge in [0, 0.05) is 30.9 Å². The lowest BCUT2D eigenvalue weighted by atomic mass is 10.1. The molecule has 0 radical (unpaired) electrons. The number of hydrogen-bond donors (Lipinski definition) is 1. The van der Waals surface area contributed by atoms with Crippen LogP contribution in [0.3, 0.4) is 0 Å². The van der Waals surface area contributed by atoms with Gasteiger partial charge in [-0.1, -0.05) is 13.0 Å². The minimum Gasteiger partial charge on any atom is -0.367 e. The highest BCUT2D eigenvalue weighted by Crippen LogP contribution is 2.30. The number of halogens is 1. The largest absolute Gasteiger partial charge is 0.367 e. The highest BCUT2D eigenvalue weighted by atomic mass is 19.1. The van der Waals surface area contributed by atoms with E-state index in [4.69, 9.17) is 0 Å². The Labute approximate surface area is 109 Å². The number of nitrogens with one attached hydrogen (secondary N) is 1. The molecular formula is C15H23FN2. The first-order chi connectivity index (χ1) is 8.61. The molecule has 2 rings (SSSR count). The van der Waals surface area contributed by atoms with Crippen LogP contribution in [0.15, 0.2) is 18.2 Å². The minimum atomic E-state index is -0.136. The van der Waals surface area contributed by atoms with Gasteiger partial charge in [0.25, 0.3) is 0 Å². The van der Waals surface area contributed by atoms with Gasteiger partial charge in [0.1, 0.15) is 5.82 Å². The molecule has 2 atom stereocenters. The minimum absolute atomic E-state index is 0.136. The zero-order valence-corrected chi connectivity index (χ0v) is 11.5. The van der Waals surface area contributed by atoms with Crippen LogP contribution >= 0.6 is 0 Å². The second kappa shape index (κ2) is 5.70. The van der Waals surface area contributed by atoms with Crippen LogP contribution in [-0.4, -0.2) is 25.2 Å². The van der Waals surface area contributed by atoms with E-state index in [1.165, 1.54) is 5.56 Å². The third-order valence-corrected chi connectivity index (χ3v) is 3.88. The molecule has 1 heterocycles. The van der Waals surface area contributed by atoms with Crippen molar-refractivity contribution in [1.29, 1.82) is 0 Å². The van der Waals surface area contributed by atoms with E-state index < -0.39 is 0 Å². The van der Waals surface area contributed by atoms with E-state index in [-0.39, 0.29) is 5.82 Å². The van der Waals surface area contributed by atoms with Crippen LogP contribution in [0.2, 0.25) is 0 Å². The highest BCUT2D eigenvalue weighted by molar-refractivity contribution is 5.58. The molecule has 1 aromatic rings. The number of fused-ring (bicyclic) bond motifs is 1. The summed E-state index contributed by atoms with van der Waals surface area (Å²) in [5.41, 5.74) is 2.35. The topological polar surface area (TPSA) is 15.3 Å². The Morgan fingerprint density at radius 1 is 1.39 bits per heavy atom. The maximum absolute atomic E-state index is 13.3. The smallest absolute Gasteiger partial charge is 0.125 e. The highest BCUT2D eigenvalue weighted by Gasteiger charge is 2.23. The van der Waals surface area contributed by atoms with Crippen molar-refractivity contribution in [2.24, 2.45) is 0 Å². The second-order valence-electron chi connectivity index (χ2n) is 5.28. The molecule has 0 aliphatic carbocycles. The molecule has 0 saturated heterocycles. The number of anilines is 1. The molecule has 2 nitrogen and oxygen atoms in total. The summed E-state index contributed by atoms with van der Waals surface area (Å²) in [6, 6.07) is 6.09. The van der Waals surface area contributed by atoms with Crippen LogP contribution in [0.4, 0.5) is 10.1 Å². The van der Waals surface area contributed by atoms with Crippen LogP contribution < -0.4 is 10.2 Å². The summed E-state index contributed by atoms with van der Waals surface area (Å²) in [6.07, 6.45) is 2.17. The SMILES string of the molecule is CCC(C)NCC(C)N1CCc2ccc(F)cc21. The molecular weight excluding hydrogens is 227 g/mol. The fourth-order valence-corrected chi connectivity index (χ4v) is 2.46. The Bertz CT molecular complexity index is 405. The molecule has 0 fully saturated rings. The zero-order chi connectivity index (χ0) is 13.1. The van der Waals surface area contributed by atoms with Crippen molar-refractivity contribution in [1.82, 2.24) is 5.32 Å². The maximum Gasteiger partial charge on any atom is 0.125 e. The van der Waals surface area contributed by atoms with Gasteiger partial charge in [0.05, 0.1) is 0 Å². The van der Waals surface area contributed by atoms with Gasteiger partial charge in [-0.05, 0) is 44.4 Å². The van der Waals surface area contributed by atoms with Crippen molar-refractivity contribution in [3.8, 4) is 0 Å². The molecule has 2 unspecified atom stereocenters. The number of nitrogens with zero attached hydrogens (tertiary/aromatic N) is 1. The van der Waals surface area contributed by atoms with E-state index in [1.807, 2.05) is 6.07 Å². The Kier molecular flexibility index (Phi) is 4.23. The van der Waals surface area contributed by atoms with Gasteiger partial charge in [-0.3, -0.25) is 0 Å². The van der Waals surface area contributed by atoms with Crippen molar-refractivity contribution >= 4 is 5.69 Å². The molecule has 0 aromatic heterocycles. The summed E-state index contributed by atoms with van der Waals surface area (Å²) >= 11 is 0. The molecule has 0 spiro atoms. The van der Waals surface area contributed by atoms with Gasteiger partial charge < -0.3 is 10.2 Å². The quantitative estimate of drug-likeness (QED) is 0.864. The lowest BCUT2D eigenvalue weighted by molar-refractivity contribution is 0.491. The number of benzene rings is 1. The molecule has 1 N–H and O–H groups in total. The van der Waals surface area contributed by atoms with Crippen molar-refractivity contribution in [3.05, 3.63) is 29.6 Å². The first-order valence-corrected chi connectivity index (χ1v) is 6.90. The van der Waals surface area contributed by atoms with Crippen LogP contribution in [0.5, 0.6) is 0 Å². The molecule has 18 heavy (non-hydrogen) atoms. The van der Waals surface area contributed by atoms with Gasteiger partial charge in [-0.2, -0.15) is 0 Å². The summed E-state index contributed by atoms with van der Waals surface area (Å²) in [4.78, 5) is 2.31. The van der Waals surface area contributed by atoms with E-state index in [0.717, 1.165) is 31.6 Å². The van der Waals surface area contributed by atoms with E-state index in [2.05, 4.69) is 31.0 Å². The third-order valence-electron chi connectivity index (χ3n) is 3.88. The first kappa shape index (κ1) is 13.3. The van der Waals surface area contributed by atoms with Crippen LogP contribution in [0, 0.1) is 5.82 Å². The molecule has 3 heteroatoms. The van der Waals surface area contributed by atoms with Crippen LogP contribution in [0.25, 0.3) is 0 Å². The fourth-order valence-electron chi connectivity index (χ4n) is 2.46. The van der Waals surface area contributed by atoms with Gasteiger partial charge in [0.2, 0.25) is 0 Å². The molecule has 100 valence electrons. The van der Waals surface area contributed by atoms with E-state index in [1.54, 1.807) is 12.1 Å². The summed E-state index contributed by atoms with van der Waals surface area (Å²) < 4.78 is 13.3. The Morgan fingerprint density at radius 3 is 2.89 bits per heavy atom. The number of rotatable bonds is 5. The normalized spacial score (nSPS) is 17.7. The van der Waals surface area contributed by atoms with Gasteiger partial charge in [0.15, 0.2) is 0 Å². The van der Waals surface area contributed by atoms with Crippen molar-refractivity contribution in [3.63, 3.8) is 0 Å². The predicted molar refractivity (Wildman–Crippen MR) is 74.7 cm³/mol. The average molecular weight is 250 g/mol. The maximum atomic E-state index is 13.3. The molecule has 0 amide bonds. The molecule has 1 aliphatic rings. The van der Waals surface area contributed by atoms with Gasteiger partial charge in [-0.25, -0.2) is 4.39 Å². The first-order valence-electron chi connectivity index (χ1n) is 6.90. The summed E-state index contributed by atoms with van der Waals surface area (Å²) in [6.45, 7) is 8.54. The predicted octanol–water partition coefficient (Wildman–Crippen LogP) is 2.96. The summed E-state index contributed by atoms with van der Waals surface area (Å²) in [7, 11) is 0. The Morgan fingerprint density at radius 2 is 2.17 bits per heavy atom. The molecule has 1 aliphatic heterocycles. The van der Waals surface area contributed by atoms with Crippen molar-refractivity contribution < 1.29 is 4.39 Å². The number of hydrogen-bond acceptors (Lipinski definition) is 2. The van der Waals surface area contributed by atoms with Gasteiger partial charge in [-0.15, -0.1) is 0 Å². The zero-order valence-electron chi connectivity index (χ0n) is 11.5.